The van der Waals surface area contributed by atoms with Crippen LogP contribution in [0.25, 0.3) is 0 Å². The van der Waals surface area contributed by atoms with Crippen molar-refractivity contribution in [3.63, 3.8) is 0 Å². The molecule has 0 aromatic carbocycles. The SMILES string of the molecule is CC(=O)c1c(C)[nH]c(C(=O)CN)c1C. The van der Waals surface area contributed by atoms with Gasteiger partial charge in [-0.3, -0.25) is 9.59 Å². The third kappa shape index (κ3) is 1.61. The van der Waals surface area contributed by atoms with E-state index in [1.54, 1.807) is 13.8 Å². The number of H-pyrrole nitrogens is 1. The van der Waals surface area contributed by atoms with E-state index in [4.69, 9.17) is 5.73 Å². The molecule has 0 unspecified atom stereocenters. The summed E-state index contributed by atoms with van der Waals surface area (Å²) in [5, 5.41) is 0. The fraction of sp³-hybridized carbons (Fsp3) is 0.400. The molecule has 3 N–H and O–H groups in total. The summed E-state index contributed by atoms with van der Waals surface area (Å²) in [5.74, 6) is -0.203. The van der Waals surface area contributed by atoms with Gasteiger partial charge in [0.05, 0.1) is 12.2 Å². The Morgan fingerprint density at radius 1 is 1.36 bits per heavy atom. The number of hydrogen-bond donors (Lipinski definition) is 2. The van der Waals surface area contributed by atoms with Crippen molar-refractivity contribution in [1.29, 1.82) is 0 Å². The fourth-order valence-corrected chi connectivity index (χ4v) is 1.66. The highest BCUT2D eigenvalue weighted by molar-refractivity contribution is 6.03. The lowest BCUT2D eigenvalue weighted by Gasteiger charge is -1.96. The number of nitrogens with two attached hydrogens (primary N) is 1. The normalized spacial score (nSPS) is 10.3. The van der Waals surface area contributed by atoms with Crippen LogP contribution < -0.4 is 5.73 Å². The molecule has 1 heterocycles. The second-order valence-electron chi connectivity index (χ2n) is 3.31. The average molecular weight is 194 g/mol. The van der Waals surface area contributed by atoms with E-state index in [1.807, 2.05) is 0 Å². The van der Waals surface area contributed by atoms with Gasteiger partial charge >= 0.3 is 0 Å². The van der Waals surface area contributed by atoms with Crippen LogP contribution in [0.3, 0.4) is 0 Å². The molecule has 4 heteroatoms. The maximum absolute atomic E-state index is 11.4. The Hall–Kier alpha value is -1.42. The van der Waals surface area contributed by atoms with Crippen LogP contribution in [0.2, 0.25) is 0 Å². The second kappa shape index (κ2) is 3.75. The maximum atomic E-state index is 11.4. The van der Waals surface area contributed by atoms with Gasteiger partial charge in [0.25, 0.3) is 0 Å². The second-order valence-corrected chi connectivity index (χ2v) is 3.31. The van der Waals surface area contributed by atoms with Crippen molar-refractivity contribution < 1.29 is 9.59 Å². The first-order chi connectivity index (χ1) is 6.49. The highest BCUT2D eigenvalue weighted by atomic mass is 16.1. The van der Waals surface area contributed by atoms with E-state index in [9.17, 15) is 9.59 Å². The predicted molar refractivity (Wildman–Crippen MR) is 53.7 cm³/mol. The Balaban J connectivity index is 3.30. The first kappa shape index (κ1) is 10.7. The van der Waals surface area contributed by atoms with Gasteiger partial charge in [0, 0.05) is 11.3 Å². The standard InChI is InChI=1S/C10H14N2O2/c1-5-9(7(3)13)6(2)12-10(5)8(14)4-11/h12H,4,11H2,1-3H3. The lowest BCUT2D eigenvalue weighted by Crippen LogP contribution is -2.15. The largest absolute Gasteiger partial charge is 0.355 e. The van der Waals surface area contributed by atoms with Gasteiger partial charge in [-0.25, -0.2) is 0 Å². The minimum absolute atomic E-state index is 0.0349. The zero-order valence-electron chi connectivity index (χ0n) is 8.60. The number of rotatable bonds is 3. The molecule has 14 heavy (non-hydrogen) atoms. The first-order valence-corrected chi connectivity index (χ1v) is 4.42. The van der Waals surface area contributed by atoms with Crippen LogP contribution in [0.1, 0.15) is 39.0 Å². The summed E-state index contributed by atoms with van der Waals surface area (Å²) in [5.41, 5.74) is 7.73. The summed E-state index contributed by atoms with van der Waals surface area (Å²) in [7, 11) is 0. The number of hydrogen-bond acceptors (Lipinski definition) is 3. The summed E-state index contributed by atoms with van der Waals surface area (Å²) in [6, 6.07) is 0. The Labute approximate surface area is 82.5 Å². The number of nitrogens with one attached hydrogen (secondary N) is 1. The van der Waals surface area contributed by atoms with Crippen LogP contribution in [-0.4, -0.2) is 23.1 Å². The van der Waals surface area contributed by atoms with Crippen LogP contribution in [0.4, 0.5) is 0 Å². The highest BCUT2D eigenvalue weighted by Gasteiger charge is 2.18. The Morgan fingerprint density at radius 2 is 1.93 bits per heavy atom. The quantitative estimate of drug-likeness (QED) is 0.704. The summed E-state index contributed by atoms with van der Waals surface area (Å²) in [4.78, 5) is 25.5. The van der Waals surface area contributed by atoms with Gasteiger partial charge in [0.15, 0.2) is 11.6 Å². The predicted octanol–water partition coefficient (Wildman–Crippen LogP) is 0.976. The van der Waals surface area contributed by atoms with E-state index in [-0.39, 0.29) is 18.1 Å². The van der Waals surface area contributed by atoms with Gasteiger partial charge in [-0.05, 0) is 26.3 Å². The van der Waals surface area contributed by atoms with Crippen LogP contribution in [0.5, 0.6) is 0 Å². The lowest BCUT2D eigenvalue weighted by atomic mass is 10.1. The number of aromatic nitrogens is 1. The van der Waals surface area contributed by atoms with E-state index >= 15 is 0 Å². The van der Waals surface area contributed by atoms with E-state index in [0.717, 1.165) is 5.69 Å². The van der Waals surface area contributed by atoms with Crippen molar-refractivity contribution >= 4 is 11.6 Å². The molecule has 0 amide bonds. The lowest BCUT2D eigenvalue weighted by molar-refractivity contribution is 0.0995. The van der Waals surface area contributed by atoms with Crippen LogP contribution in [0.15, 0.2) is 0 Å². The summed E-state index contributed by atoms with van der Waals surface area (Å²) >= 11 is 0. The number of carbonyl (C=O) groups excluding carboxylic acids is 2. The minimum atomic E-state index is -0.168. The number of ketones is 2. The van der Waals surface area contributed by atoms with Gasteiger partial charge < -0.3 is 10.7 Å². The number of carbonyl (C=O) groups is 2. The smallest absolute Gasteiger partial charge is 0.192 e. The van der Waals surface area contributed by atoms with Crippen molar-refractivity contribution in [3.8, 4) is 0 Å². The maximum Gasteiger partial charge on any atom is 0.192 e. The van der Waals surface area contributed by atoms with Crippen molar-refractivity contribution in [2.24, 2.45) is 5.73 Å². The Bertz CT molecular complexity index is 391. The zero-order chi connectivity index (χ0) is 10.9. The molecular weight excluding hydrogens is 180 g/mol. The van der Waals surface area contributed by atoms with E-state index < -0.39 is 0 Å². The molecule has 0 aliphatic heterocycles. The monoisotopic (exact) mass is 194 g/mol. The molecular formula is C10H14N2O2. The first-order valence-electron chi connectivity index (χ1n) is 4.42. The van der Waals surface area contributed by atoms with Gasteiger partial charge in [0.2, 0.25) is 0 Å². The molecule has 0 saturated carbocycles. The summed E-state index contributed by atoms with van der Waals surface area (Å²) < 4.78 is 0. The molecule has 0 aliphatic carbocycles. The Kier molecular flexibility index (Phi) is 2.86. The zero-order valence-corrected chi connectivity index (χ0v) is 8.60. The van der Waals surface area contributed by atoms with Crippen molar-refractivity contribution in [2.45, 2.75) is 20.8 Å². The van der Waals surface area contributed by atoms with Gasteiger partial charge in [-0.2, -0.15) is 0 Å². The topological polar surface area (TPSA) is 76.0 Å². The van der Waals surface area contributed by atoms with E-state index in [0.29, 0.717) is 16.8 Å². The molecule has 4 nitrogen and oxygen atoms in total. The molecule has 0 fully saturated rings. The van der Waals surface area contributed by atoms with Gasteiger partial charge in [0.1, 0.15) is 0 Å². The molecule has 0 aliphatic rings. The minimum Gasteiger partial charge on any atom is -0.355 e. The third-order valence-electron chi connectivity index (χ3n) is 2.25. The van der Waals surface area contributed by atoms with Crippen molar-refractivity contribution in [1.82, 2.24) is 4.98 Å². The molecule has 0 radical (unpaired) electrons. The average Bonchev–Trinajstić information content (AvgIpc) is 2.40. The van der Waals surface area contributed by atoms with E-state index in [2.05, 4.69) is 4.98 Å². The number of aromatic amines is 1. The van der Waals surface area contributed by atoms with Crippen molar-refractivity contribution in [3.05, 3.63) is 22.5 Å². The molecule has 0 saturated heterocycles. The van der Waals surface area contributed by atoms with Gasteiger partial charge in [-0.1, -0.05) is 0 Å². The van der Waals surface area contributed by atoms with Crippen LogP contribution >= 0.6 is 0 Å². The van der Waals surface area contributed by atoms with E-state index in [1.165, 1.54) is 6.92 Å². The highest BCUT2D eigenvalue weighted by Crippen LogP contribution is 2.18. The molecule has 0 atom stereocenters. The van der Waals surface area contributed by atoms with Gasteiger partial charge in [-0.15, -0.1) is 0 Å². The Morgan fingerprint density at radius 3 is 2.29 bits per heavy atom. The molecule has 1 aromatic heterocycles. The molecule has 0 bridgehead atoms. The fourth-order valence-electron chi connectivity index (χ4n) is 1.66. The molecule has 1 aromatic rings. The molecule has 76 valence electrons. The van der Waals surface area contributed by atoms with Crippen LogP contribution in [-0.2, 0) is 0 Å². The molecule has 1 rings (SSSR count). The summed E-state index contributed by atoms with van der Waals surface area (Å²) in [6.45, 7) is 4.97. The third-order valence-corrected chi connectivity index (χ3v) is 2.25. The summed E-state index contributed by atoms with van der Waals surface area (Å²) in [6.07, 6.45) is 0. The molecule has 0 spiro atoms. The van der Waals surface area contributed by atoms with Crippen molar-refractivity contribution in [2.75, 3.05) is 6.54 Å². The number of aryl methyl sites for hydroxylation is 1. The van der Waals surface area contributed by atoms with Crippen LogP contribution in [0, 0.1) is 13.8 Å². The number of Topliss-reactive ketones (excluding diaryl/α,β-unsaturated/α-hetero) is 2.